The van der Waals surface area contributed by atoms with Gasteiger partial charge in [0.2, 0.25) is 0 Å². The maximum atomic E-state index is 6.19. The lowest BCUT2D eigenvalue weighted by Gasteiger charge is -2.09. The fourth-order valence-electron chi connectivity index (χ4n) is 1.65. The molecule has 15 heavy (non-hydrogen) atoms. The molecule has 0 saturated heterocycles. The van der Waals surface area contributed by atoms with Gasteiger partial charge in [0.1, 0.15) is 5.82 Å². The molecule has 3 heteroatoms. The van der Waals surface area contributed by atoms with E-state index in [0.29, 0.717) is 16.8 Å². The van der Waals surface area contributed by atoms with Crippen LogP contribution in [0.2, 0.25) is 5.02 Å². The van der Waals surface area contributed by atoms with E-state index in [4.69, 9.17) is 17.3 Å². The molecule has 1 aromatic heterocycles. The zero-order chi connectivity index (χ0) is 11.0. The zero-order valence-electron chi connectivity index (χ0n) is 8.79. The average molecular weight is 221 g/mol. The Labute approximate surface area is 94.1 Å². The van der Waals surface area contributed by atoms with Gasteiger partial charge in [-0.25, -0.2) is 4.98 Å². The van der Waals surface area contributed by atoms with Gasteiger partial charge in [0.25, 0.3) is 0 Å². The highest BCUT2D eigenvalue weighted by atomic mass is 35.5. The van der Waals surface area contributed by atoms with Crippen LogP contribution in [0.4, 0.5) is 5.82 Å². The van der Waals surface area contributed by atoms with E-state index in [1.807, 2.05) is 12.1 Å². The van der Waals surface area contributed by atoms with E-state index in [1.165, 1.54) is 5.56 Å². The Bertz CT molecular complexity index is 506. The van der Waals surface area contributed by atoms with E-state index < -0.39 is 0 Å². The lowest BCUT2D eigenvalue weighted by molar-refractivity contribution is 0.869. The molecule has 0 bridgehead atoms. The Kier molecular flexibility index (Phi) is 2.53. The number of pyridine rings is 1. The van der Waals surface area contributed by atoms with Crippen LogP contribution in [-0.4, -0.2) is 4.98 Å². The minimum absolute atomic E-state index is 0.460. The van der Waals surface area contributed by atoms with Crippen LogP contribution < -0.4 is 5.73 Å². The van der Waals surface area contributed by atoms with Crippen LogP contribution in [0.15, 0.2) is 24.4 Å². The van der Waals surface area contributed by atoms with Gasteiger partial charge in [-0.2, -0.15) is 0 Å². The molecule has 0 radical (unpaired) electrons. The van der Waals surface area contributed by atoms with Crippen LogP contribution in [0, 0.1) is 0 Å². The molecule has 0 unspecified atom stereocenters. The summed E-state index contributed by atoms with van der Waals surface area (Å²) in [6.45, 7) is 4.28. The van der Waals surface area contributed by atoms with Gasteiger partial charge in [0.05, 0.1) is 5.02 Å². The molecule has 0 aliphatic carbocycles. The molecule has 2 N–H and O–H groups in total. The number of benzene rings is 1. The normalized spacial score (nSPS) is 11.2. The summed E-state index contributed by atoms with van der Waals surface area (Å²) in [4.78, 5) is 4.04. The highest BCUT2D eigenvalue weighted by Crippen LogP contribution is 2.31. The smallest absolute Gasteiger partial charge is 0.132 e. The maximum Gasteiger partial charge on any atom is 0.132 e. The molecule has 0 saturated carbocycles. The maximum absolute atomic E-state index is 6.19. The van der Waals surface area contributed by atoms with Crippen LogP contribution in [0.1, 0.15) is 25.3 Å². The van der Waals surface area contributed by atoms with Crippen molar-refractivity contribution in [1.29, 1.82) is 0 Å². The van der Waals surface area contributed by atoms with E-state index in [0.717, 1.165) is 10.8 Å². The van der Waals surface area contributed by atoms with Crippen molar-refractivity contribution in [2.45, 2.75) is 19.8 Å². The van der Waals surface area contributed by atoms with Crippen LogP contribution in [0.25, 0.3) is 10.8 Å². The molecule has 2 aromatic rings. The van der Waals surface area contributed by atoms with Gasteiger partial charge in [-0.15, -0.1) is 0 Å². The second-order valence-corrected chi connectivity index (χ2v) is 4.36. The summed E-state index contributed by atoms with van der Waals surface area (Å²) >= 11 is 6.19. The van der Waals surface area contributed by atoms with Gasteiger partial charge in [-0.3, -0.25) is 0 Å². The summed E-state index contributed by atoms with van der Waals surface area (Å²) in [6, 6.07) is 6.01. The first-order valence-corrected chi connectivity index (χ1v) is 5.31. The summed E-state index contributed by atoms with van der Waals surface area (Å²) in [7, 11) is 0. The summed E-state index contributed by atoms with van der Waals surface area (Å²) in [5.41, 5.74) is 7.01. The number of halogens is 1. The minimum Gasteiger partial charge on any atom is -0.383 e. The molecule has 0 aliphatic heterocycles. The first-order valence-electron chi connectivity index (χ1n) is 4.93. The number of hydrogen-bond donors (Lipinski definition) is 1. The van der Waals surface area contributed by atoms with Crippen molar-refractivity contribution in [2.75, 3.05) is 5.73 Å². The zero-order valence-corrected chi connectivity index (χ0v) is 9.55. The Morgan fingerprint density at radius 3 is 2.73 bits per heavy atom. The van der Waals surface area contributed by atoms with Crippen molar-refractivity contribution >= 4 is 28.2 Å². The summed E-state index contributed by atoms with van der Waals surface area (Å²) in [5, 5.41) is 2.59. The molecule has 2 rings (SSSR count). The largest absolute Gasteiger partial charge is 0.383 e. The molecule has 0 aliphatic rings. The number of nitrogens with zero attached hydrogens (tertiary/aromatic N) is 1. The van der Waals surface area contributed by atoms with Gasteiger partial charge < -0.3 is 5.73 Å². The Hall–Kier alpha value is -1.28. The minimum atomic E-state index is 0.460. The number of hydrogen-bond acceptors (Lipinski definition) is 2. The molecule has 0 spiro atoms. The van der Waals surface area contributed by atoms with Crippen LogP contribution in [-0.2, 0) is 0 Å². The predicted molar refractivity (Wildman–Crippen MR) is 65.3 cm³/mol. The average Bonchev–Trinajstić information content (AvgIpc) is 2.17. The number of anilines is 1. The lowest BCUT2D eigenvalue weighted by Crippen LogP contribution is -1.94. The van der Waals surface area contributed by atoms with Crippen LogP contribution in [0.3, 0.4) is 0 Å². The Balaban J connectivity index is 2.78. The van der Waals surface area contributed by atoms with E-state index in [2.05, 4.69) is 24.9 Å². The number of rotatable bonds is 1. The standard InChI is InChI=1S/C12H13ClN2/c1-7(2)9-5-8-3-4-15-12(14)11(8)10(13)6-9/h3-7H,1-2H3,(H2,14,15). The van der Waals surface area contributed by atoms with Crippen molar-refractivity contribution in [3.05, 3.63) is 35.0 Å². The molecular formula is C12H13ClN2. The van der Waals surface area contributed by atoms with Gasteiger partial charge >= 0.3 is 0 Å². The van der Waals surface area contributed by atoms with Crippen LogP contribution >= 0.6 is 11.6 Å². The van der Waals surface area contributed by atoms with Crippen molar-refractivity contribution in [2.24, 2.45) is 0 Å². The molecule has 1 heterocycles. The fourth-order valence-corrected chi connectivity index (χ4v) is 1.98. The molecule has 0 atom stereocenters. The van der Waals surface area contributed by atoms with Crippen LogP contribution in [0.5, 0.6) is 0 Å². The van der Waals surface area contributed by atoms with Gasteiger partial charge in [0.15, 0.2) is 0 Å². The van der Waals surface area contributed by atoms with Crippen molar-refractivity contribution in [3.63, 3.8) is 0 Å². The highest BCUT2D eigenvalue weighted by Gasteiger charge is 2.07. The topological polar surface area (TPSA) is 38.9 Å². The van der Waals surface area contributed by atoms with Gasteiger partial charge in [0, 0.05) is 11.6 Å². The Morgan fingerprint density at radius 2 is 2.07 bits per heavy atom. The van der Waals surface area contributed by atoms with Crippen molar-refractivity contribution in [1.82, 2.24) is 4.98 Å². The number of aromatic nitrogens is 1. The summed E-state index contributed by atoms with van der Waals surface area (Å²) < 4.78 is 0. The van der Waals surface area contributed by atoms with E-state index in [-0.39, 0.29) is 0 Å². The molecule has 1 aromatic carbocycles. The second-order valence-electron chi connectivity index (χ2n) is 3.95. The predicted octanol–water partition coefficient (Wildman–Crippen LogP) is 3.59. The second kappa shape index (κ2) is 3.70. The number of nitrogens with two attached hydrogens (primary N) is 1. The summed E-state index contributed by atoms with van der Waals surface area (Å²) in [5.74, 6) is 0.953. The first kappa shape index (κ1) is 10.2. The Morgan fingerprint density at radius 1 is 1.33 bits per heavy atom. The number of nitrogen functional groups attached to an aromatic ring is 1. The van der Waals surface area contributed by atoms with E-state index >= 15 is 0 Å². The third-order valence-electron chi connectivity index (χ3n) is 2.53. The molecule has 78 valence electrons. The quantitative estimate of drug-likeness (QED) is 0.798. The monoisotopic (exact) mass is 220 g/mol. The molecule has 0 fully saturated rings. The molecule has 2 nitrogen and oxygen atoms in total. The molecular weight excluding hydrogens is 208 g/mol. The van der Waals surface area contributed by atoms with Crippen molar-refractivity contribution in [3.8, 4) is 0 Å². The summed E-state index contributed by atoms with van der Waals surface area (Å²) in [6.07, 6.45) is 1.71. The molecule has 0 amide bonds. The van der Waals surface area contributed by atoms with Gasteiger partial charge in [-0.1, -0.05) is 31.5 Å². The van der Waals surface area contributed by atoms with E-state index in [1.54, 1.807) is 6.20 Å². The number of fused-ring (bicyclic) bond motifs is 1. The lowest BCUT2D eigenvalue weighted by atomic mass is 10.00. The van der Waals surface area contributed by atoms with Crippen molar-refractivity contribution < 1.29 is 0 Å². The highest BCUT2D eigenvalue weighted by molar-refractivity contribution is 6.36. The van der Waals surface area contributed by atoms with Gasteiger partial charge in [-0.05, 0) is 29.0 Å². The third kappa shape index (κ3) is 1.77. The fraction of sp³-hybridized carbons (Fsp3) is 0.250. The SMILES string of the molecule is CC(C)c1cc(Cl)c2c(N)nccc2c1. The van der Waals surface area contributed by atoms with E-state index in [9.17, 15) is 0 Å². The third-order valence-corrected chi connectivity index (χ3v) is 2.83. The first-order chi connectivity index (χ1) is 7.09.